The van der Waals surface area contributed by atoms with E-state index in [1.165, 1.54) is 7.11 Å². The molecule has 2 heterocycles. The number of fused-ring (bicyclic) bond motifs is 2. The predicted octanol–water partition coefficient (Wildman–Crippen LogP) is 1.40. The molecule has 0 aliphatic carbocycles. The van der Waals surface area contributed by atoms with Gasteiger partial charge in [0.15, 0.2) is 6.04 Å². The van der Waals surface area contributed by atoms with E-state index in [0.29, 0.717) is 38.0 Å². The van der Waals surface area contributed by atoms with Crippen molar-refractivity contribution < 1.29 is 33.4 Å². The van der Waals surface area contributed by atoms with Gasteiger partial charge in [0.1, 0.15) is 24.4 Å². The zero-order valence-corrected chi connectivity index (χ0v) is 22.1. The Labute approximate surface area is 228 Å². The molecule has 2 bridgehead atoms. The second-order valence-corrected chi connectivity index (χ2v) is 9.65. The summed E-state index contributed by atoms with van der Waals surface area (Å²) in [6, 6.07) is 14.2. The van der Waals surface area contributed by atoms with Gasteiger partial charge in [0.25, 0.3) is 0 Å². The lowest BCUT2D eigenvalue weighted by Crippen LogP contribution is -2.57. The molecule has 2 aliphatic heterocycles. The molecule has 2 aromatic carbocycles. The Morgan fingerprint density at radius 1 is 1.03 bits per heavy atom. The molecule has 0 unspecified atom stereocenters. The first kappa shape index (κ1) is 28.1. The summed E-state index contributed by atoms with van der Waals surface area (Å²) in [5.74, 6) is -1.11. The van der Waals surface area contributed by atoms with E-state index >= 15 is 0 Å². The molecule has 39 heavy (non-hydrogen) atoms. The number of carbonyl (C=O) groups excluding carboxylic acids is 4. The van der Waals surface area contributed by atoms with Crippen LogP contribution in [0.25, 0.3) is 0 Å². The lowest BCUT2D eigenvalue weighted by Gasteiger charge is -2.30. The first-order valence-corrected chi connectivity index (χ1v) is 13.3. The number of aryl methyl sites for hydroxylation is 1. The van der Waals surface area contributed by atoms with Crippen molar-refractivity contribution >= 4 is 23.7 Å². The van der Waals surface area contributed by atoms with Crippen LogP contribution in [0.3, 0.4) is 0 Å². The fourth-order valence-electron chi connectivity index (χ4n) is 4.82. The van der Waals surface area contributed by atoms with Crippen molar-refractivity contribution in [2.24, 2.45) is 0 Å². The molecule has 2 aliphatic rings. The number of carbonyl (C=O) groups is 4. The largest absolute Gasteiger partial charge is 0.491 e. The maximum atomic E-state index is 13.7. The molecule has 0 saturated carbocycles. The van der Waals surface area contributed by atoms with Gasteiger partial charge in [-0.1, -0.05) is 42.5 Å². The molecule has 1 saturated heterocycles. The topological polar surface area (TPSA) is 123 Å². The molecular weight excluding hydrogens is 502 g/mol. The van der Waals surface area contributed by atoms with Gasteiger partial charge in [0.2, 0.25) is 17.7 Å². The zero-order chi connectivity index (χ0) is 27.6. The molecule has 208 valence electrons. The number of methoxy groups -OCH3 is 1. The van der Waals surface area contributed by atoms with E-state index in [4.69, 9.17) is 14.2 Å². The lowest BCUT2D eigenvalue weighted by molar-refractivity contribution is -0.147. The highest BCUT2D eigenvalue weighted by molar-refractivity contribution is 5.94. The van der Waals surface area contributed by atoms with Crippen molar-refractivity contribution in [2.75, 3.05) is 33.5 Å². The summed E-state index contributed by atoms with van der Waals surface area (Å²) < 4.78 is 16.2. The van der Waals surface area contributed by atoms with Crippen LogP contribution in [0.4, 0.5) is 0 Å². The summed E-state index contributed by atoms with van der Waals surface area (Å²) >= 11 is 0. The number of esters is 1. The van der Waals surface area contributed by atoms with Crippen LogP contribution in [0, 0.1) is 0 Å². The number of amides is 3. The third-order valence-corrected chi connectivity index (χ3v) is 6.90. The van der Waals surface area contributed by atoms with Crippen molar-refractivity contribution in [1.29, 1.82) is 0 Å². The van der Waals surface area contributed by atoms with E-state index in [9.17, 15) is 19.2 Å². The number of benzene rings is 2. The molecular formula is C29H35N3O7. The summed E-state index contributed by atoms with van der Waals surface area (Å²) in [5, 5.41) is 5.56. The first-order chi connectivity index (χ1) is 18.9. The highest BCUT2D eigenvalue weighted by atomic mass is 16.5. The Hall–Kier alpha value is -3.92. The quantitative estimate of drug-likeness (QED) is 0.553. The Morgan fingerprint density at radius 2 is 1.85 bits per heavy atom. The Bertz CT molecular complexity index is 1160. The van der Waals surface area contributed by atoms with Gasteiger partial charge in [0, 0.05) is 19.4 Å². The molecule has 1 fully saturated rings. The third kappa shape index (κ3) is 7.79. The third-order valence-electron chi connectivity index (χ3n) is 6.90. The average molecular weight is 538 g/mol. The number of nitrogens with one attached hydrogen (secondary N) is 2. The highest BCUT2D eigenvalue weighted by Crippen LogP contribution is 2.21. The maximum Gasteiger partial charge on any atom is 0.330 e. The molecule has 4 rings (SSSR count). The van der Waals surface area contributed by atoms with Gasteiger partial charge in [-0.3, -0.25) is 14.4 Å². The van der Waals surface area contributed by atoms with Gasteiger partial charge in [-0.2, -0.15) is 0 Å². The minimum absolute atomic E-state index is 0.0925. The molecule has 0 radical (unpaired) electrons. The minimum Gasteiger partial charge on any atom is -0.491 e. The number of hydrogen-bond donors (Lipinski definition) is 2. The van der Waals surface area contributed by atoms with Gasteiger partial charge in [-0.05, 0) is 42.5 Å². The van der Waals surface area contributed by atoms with Crippen LogP contribution in [0.5, 0.6) is 5.75 Å². The average Bonchev–Trinajstić information content (AvgIpc) is 3.38. The molecule has 10 nitrogen and oxygen atoms in total. The van der Waals surface area contributed by atoms with Gasteiger partial charge in [0.05, 0.1) is 20.3 Å². The summed E-state index contributed by atoms with van der Waals surface area (Å²) in [6.45, 7) is 0.758. The van der Waals surface area contributed by atoms with Crippen LogP contribution in [0.15, 0.2) is 54.6 Å². The fourth-order valence-corrected chi connectivity index (χ4v) is 4.82. The molecule has 3 amide bonds. The summed E-state index contributed by atoms with van der Waals surface area (Å²) in [5.41, 5.74) is 1.83. The molecule has 0 spiro atoms. The van der Waals surface area contributed by atoms with Gasteiger partial charge >= 0.3 is 5.97 Å². The smallest absolute Gasteiger partial charge is 0.330 e. The van der Waals surface area contributed by atoms with Gasteiger partial charge in [-0.25, -0.2) is 4.79 Å². The Morgan fingerprint density at radius 3 is 2.59 bits per heavy atom. The van der Waals surface area contributed by atoms with Crippen LogP contribution in [-0.2, 0) is 41.5 Å². The van der Waals surface area contributed by atoms with Crippen LogP contribution < -0.4 is 15.4 Å². The van der Waals surface area contributed by atoms with Crippen molar-refractivity contribution in [3.05, 3.63) is 65.7 Å². The van der Waals surface area contributed by atoms with E-state index in [1.54, 1.807) is 11.0 Å². The molecule has 10 heteroatoms. The SMILES string of the molecule is COC(=O)[C@@H]1COCCOc2cccc(c2)C[C@H](N2CCCC2=O)C(=O)N[C@@H](CCc2ccccc2)C(=O)N1. The number of rotatable bonds is 5. The van der Waals surface area contributed by atoms with Gasteiger partial charge < -0.3 is 29.7 Å². The Kier molecular flexibility index (Phi) is 9.91. The summed E-state index contributed by atoms with van der Waals surface area (Å²) in [7, 11) is 1.23. The standard InChI is InChI=1S/C29H35N3O7/c1-37-29(36)24-19-38-15-16-39-22-10-5-9-21(17-22)18-25(32-14-6-11-26(32)33)28(35)30-23(27(34)31-24)13-12-20-7-3-2-4-8-20/h2-5,7-10,17,23-25H,6,11-16,18-19H2,1H3,(H,30,35)(H,31,34)/t23-,24-,25-/m0/s1. The first-order valence-electron chi connectivity index (χ1n) is 13.3. The molecule has 2 N–H and O–H groups in total. The van der Waals surface area contributed by atoms with Crippen molar-refractivity contribution in [1.82, 2.24) is 15.5 Å². The number of likely N-dealkylation sites (tertiary alicyclic amines) is 1. The van der Waals surface area contributed by atoms with Crippen LogP contribution in [-0.4, -0.2) is 80.2 Å². The van der Waals surface area contributed by atoms with Gasteiger partial charge in [-0.15, -0.1) is 0 Å². The fraction of sp³-hybridized carbons (Fsp3) is 0.448. The predicted molar refractivity (Wildman–Crippen MR) is 142 cm³/mol. The van der Waals surface area contributed by atoms with Crippen molar-refractivity contribution in [3.8, 4) is 5.75 Å². The molecule has 2 aromatic rings. The van der Waals surface area contributed by atoms with E-state index in [0.717, 1.165) is 11.1 Å². The zero-order valence-electron chi connectivity index (χ0n) is 22.1. The second kappa shape index (κ2) is 13.7. The molecule has 0 aromatic heterocycles. The van der Waals surface area contributed by atoms with Crippen LogP contribution in [0.1, 0.15) is 30.4 Å². The van der Waals surface area contributed by atoms with E-state index < -0.39 is 35.9 Å². The van der Waals surface area contributed by atoms with E-state index in [-0.39, 0.29) is 32.1 Å². The van der Waals surface area contributed by atoms with Crippen LogP contribution in [0.2, 0.25) is 0 Å². The molecule has 3 atom stereocenters. The van der Waals surface area contributed by atoms with Crippen LogP contribution >= 0.6 is 0 Å². The van der Waals surface area contributed by atoms with Crippen molar-refractivity contribution in [3.63, 3.8) is 0 Å². The summed E-state index contributed by atoms with van der Waals surface area (Å²) in [6.07, 6.45) is 2.13. The highest BCUT2D eigenvalue weighted by Gasteiger charge is 2.35. The monoisotopic (exact) mass is 537 g/mol. The second-order valence-electron chi connectivity index (χ2n) is 9.65. The van der Waals surface area contributed by atoms with E-state index in [1.807, 2.05) is 48.5 Å². The van der Waals surface area contributed by atoms with Crippen molar-refractivity contribution in [2.45, 2.75) is 50.2 Å². The Balaban J connectivity index is 1.63. The maximum absolute atomic E-state index is 13.7. The lowest BCUT2D eigenvalue weighted by atomic mass is 10.0. The number of ether oxygens (including phenoxy) is 3. The van der Waals surface area contributed by atoms with E-state index in [2.05, 4.69) is 10.6 Å². The number of hydrogen-bond acceptors (Lipinski definition) is 7. The minimum atomic E-state index is -1.06. The number of nitrogens with zero attached hydrogens (tertiary/aromatic N) is 1. The summed E-state index contributed by atoms with van der Waals surface area (Å²) in [4.78, 5) is 53.9. The normalized spacial score (nSPS) is 22.9.